The molecule has 8 N–H and O–H groups in total. The monoisotopic (exact) mass is 810 g/mol. The van der Waals surface area contributed by atoms with Crippen LogP contribution in [-0.4, -0.2) is 208 Å². The standard InChI is InChI=1S/C36H63BN8O12/c1-24(2)33(35(54)39-25(3)36(55)45-10-4-5-28(45)37(56)57)40-34(53)27-8-6-26(7-9-27)19-38-29(46)20-41-11-13-42(21-30(47)48)15-17-44(23-32(51)52)18-16-43(14-12-41)22-31(49)50/h24-28,33,56-57H,4-23H2,1-3H3,(H,38,46)(H,39,54)(H,40,53)(H,47,48)(H,49,50)(H,51,52)/t25-,26?,27?,28+,33+/m1/s1. The number of carboxylic acid groups (broad SMARTS) is 3. The molecule has 0 aromatic heterocycles. The van der Waals surface area contributed by atoms with E-state index in [2.05, 4.69) is 16.0 Å². The number of carbonyl (C=O) groups is 7. The molecule has 322 valence electrons. The van der Waals surface area contributed by atoms with E-state index in [-0.39, 0.29) is 81.9 Å². The van der Waals surface area contributed by atoms with Gasteiger partial charge in [0.2, 0.25) is 23.6 Å². The highest BCUT2D eigenvalue weighted by Gasteiger charge is 2.39. The summed E-state index contributed by atoms with van der Waals surface area (Å²) in [5.74, 6) is -5.72. The molecule has 20 nitrogen and oxygen atoms in total. The van der Waals surface area contributed by atoms with E-state index in [0.29, 0.717) is 77.8 Å². The van der Waals surface area contributed by atoms with E-state index in [0.717, 1.165) is 0 Å². The molecule has 0 bridgehead atoms. The van der Waals surface area contributed by atoms with Gasteiger partial charge in [0.1, 0.15) is 12.1 Å². The number of likely N-dealkylation sites (tertiary alicyclic amines) is 1. The predicted octanol–water partition coefficient (Wildman–Crippen LogP) is -2.97. The van der Waals surface area contributed by atoms with Crippen LogP contribution in [0.2, 0.25) is 0 Å². The zero-order chi connectivity index (χ0) is 42.2. The highest BCUT2D eigenvalue weighted by Crippen LogP contribution is 2.29. The number of amides is 4. The van der Waals surface area contributed by atoms with Crippen molar-refractivity contribution in [1.82, 2.24) is 40.4 Å². The summed E-state index contributed by atoms with van der Waals surface area (Å²) in [5, 5.41) is 56.1. The molecule has 2 heterocycles. The number of rotatable bonds is 17. The fourth-order valence-electron chi connectivity index (χ4n) is 7.73. The van der Waals surface area contributed by atoms with Crippen LogP contribution in [0, 0.1) is 17.8 Å². The molecule has 0 aromatic carbocycles. The first-order valence-corrected chi connectivity index (χ1v) is 20.0. The van der Waals surface area contributed by atoms with Gasteiger partial charge < -0.3 is 46.2 Å². The van der Waals surface area contributed by atoms with Crippen LogP contribution in [0.3, 0.4) is 0 Å². The number of carbonyl (C=O) groups excluding carboxylic acids is 4. The SMILES string of the molecule is CC(C)[C@H](NC(=O)C1CCC(CNC(=O)CN2CCN(CC(=O)O)CCN(CC(=O)O)CCN(CC(=O)O)CC2)CC1)C(=O)N[C@H](C)C(=O)N1CCC[C@H]1B(O)O. The van der Waals surface area contributed by atoms with Crippen LogP contribution in [0.5, 0.6) is 0 Å². The van der Waals surface area contributed by atoms with Crippen LogP contribution in [-0.2, 0) is 33.6 Å². The smallest absolute Gasteiger partial charge is 0.475 e. The summed E-state index contributed by atoms with van der Waals surface area (Å²) in [7, 11) is -1.67. The fourth-order valence-corrected chi connectivity index (χ4v) is 7.73. The van der Waals surface area contributed by atoms with E-state index in [9.17, 15) is 58.9 Å². The molecule has 57 heavy (non-hydrogen) atoms. The van der Waals surface area contributed by atoms with Gasteiger partial charge in [-0.2, -0.15) is 0 Å². The number of hydrogen-bond donors (Lipinski definition) is 8. The number of hydrogen-bond acceptors (Lipinski definition) is 13. The summed E-state index contributed by atoms with van der Waals surface area (Å²) < 4.78 is 0. The molecule has 3 aliphatic rings. The van der Waals surface area contributed by atoms with Gasteiger partial charge in [0.05, 0.1) is 32.1 Å². The summed E-state index contributed by atoms with van der Waals surface area (Å²) in [6.07, 6.45) is 3.54. The Morgan fingerprint density at radius 3 is 1.51 bits per heavy atom. The molecule has 3 atom stereocenters. The lowest BCUT2D eigenvalue weighted by atomic mass is 9.78. The van der Waals surface area contributed by atoms with Crippen molar-refractivity contribution in [3.05, 3.63) is 0 Å². The van der Waals surface area contributed by atoms with Crippen LogP contribution in [0.4, 0.5) is 0 Å². The normalized spacial score (nSPS) is 23.4. The van der Waals surface area contributed by atoms with Gasteiger partial charge >= 0.3 is 25.0 Å². The van der Waals surface area contributed by atoms with Gasteiger partial charge in [-0.25, -0.2) is 0 Å². The minimum Gasteiger partial charge on any atom is -0.480 e. The second-order valence-corrected chi connectivity index (χ2v) is 15.9. The zero-order valence-corrected chi connectivity index (χ0v) is 33.5. The molecule has 0 unspecified atom stereocenters. The lowest BCUT2D eigenvalue weighted by Crippen LogP contribution is -2.57. The van der Waals surface area contributed by atoms with Gasteiger partial charge in [0.15, 0.2) is 0 Å². The Morgan fingerprint density at radius 2 is 1.09 bits per heavy atom. The van der Waals surface area contributed by atoms with Crippen LogP contribution in [0.1, 0.15) is 59.3 Å². The fraction of sp³-hybridized carbons (Fsp3) is 0.806. The van der Waals surface area contributed by atoms with Crippen LogP contribution in [0.15, 0.2) is 0 Å². The molecule has 0 radical (unpaired) electrons. The number of nitrogens with one attached hydrogen (secondary N) is 3. The highest BCUT2D eigenvalue weighted by atomic mass is 16.4. The van der Waals surface area contributed by atoms with Crippen molar-refractivity contribution in [3.63, 3.8) is 0 Å². The van der Waals surface area contributed by atoms with E-state index in [1.54, 1.807) is 28.5 Å². The summed E-state index contributed by atoms with van der Waals surface area (Å²) in [6.45, 7) is 7.50. The van der Waals surface area contributed by atoms with E-state index in [1.807, 2.05) is 4.90 Å². The Labute approximate surface area is 334 Å². The summed E-state index contributed by atoms with van der Waals surface area (Å²) in [4.78, 5) is 95.6. The summed E-state index contributed by atoms with van der Waals surface area (Å²) in [5.41, 5.74) is 0. The maximum Gasteiger partial charge on any atom is 0.475 e. The molecule has 2 aliphatic heterocycles. The van der Waals surface area contributed by atoms with Crippen molar-refractivity contribution in [2.24, 2.45) is 17.8 Å². The van der Waals surface area contributed by atoms with Gasteiger partial charge in [-0.15, -0.1) is 0 Å². The maximum atomic E-state index is 13.3. The van der Waals surface area contributed by atoms with E-state index >= 15 is 0 Å². The topological polar surface area (TPSA) is 273 Å². The molecule has 0 aromatic rings. The second kappa shape index (κ2) is 23.5. The Balaban J connectivity index is 1.50. The van der Waals surface area contributed by atoms with Crippen molar-refractivity contribution < 1.29 is 58.9 Å². The predicted molar refractivity (Wildman–Crippen MR) is 206 cm³/mol. The molecule has 2 saturated heterocycles. The lowest BCUT2D eigenvalue weighted by Gasteiger charge is -2.33. The molecule has 1 aliphatic carbocycles. The van der Waals surface area contributed by atoms with Crippen molar-refractivity contribution in [2.45, 2.75) is 77.3 Å². The molecule has 0 spiro atoms. The molecule has 3 rings (SSSR count). The Morgan fingerprint density at radius 1 is 0.632 bits per heavy atom. The Kier molecular flexibility index (Phi) is 19.6. The number of carboxylic acids is 3. The maximum absolute atomic E-state index is 13.3. The second-order valence-electron chi connectivity index (χ2n) is 15.9. The van der Waals surface area contributed by atoms with Gasteiger partial charge in [0, 0.05) is 71.4 Å². The summed E-state index contributed by atoms with van der Waals surface area (Å²) >= 11 is 0. The highest BCUT2D eigenvalue weighted by molar-refractivity contribution is 6.43. The largest absolute Gasteiger partial charge is 0.480 e. The van der Waals surface area contributed by atoms with Gasteiger partial charge in [-0.05, 0) is 57.3 Å². The molecule has 3 fully saturated rings. The van der Waals surface area contributed by atoms with Crippen LogP contribution in [0.25, 0.3) is 0 Å². The van der Waals surface area contributed by atoms with Gasteiger partial charge in [-0.3, -0.25) is 53.2 Å². The van der Waals surface area contributed by atoms with Crippen LogP contribution < -0.4 is 16.0 Å². The molecular formula is C36H63BN8O12. The molecule has 4 amide bonds. The summed E-state index contributed by atoms with van der Waals surface area (Å²) in [6, 6.07) is -1.81. The number of aliphatic carboxylic acids is 3. The third-order valence-electron chi connectivity index (χ3n) is 11.1. The van der Waals surface area contributed by atoms with E-state index < -0.39 is 54.9 Å². The first-order valence-electron chi connectivity index (χ1n) is 20.0. The Hall–Kier alpha value is -3.89. The van der Waals surface area contributed by atoms with Crippen molar-refractivity contribution >= 4 is 48.7 Å². The van der Waals surface area contributed by atoms with Gasteiger partial charge in [-0.1, -0.05) is 13.8 Å². The molecular weight excluding hydrogens is 747 g/mol. The first kappa shape index (κ1) is 47.5. The zero-order valence-electron chi connectivity index (χ0n) is 33.5. The molecule has 21 heteroatoms. The third kappa shape index (κ3) is 16.5. The van der Waals surface area contributed by atoms with Crippen molar-refractivity contribution in [2.75, 3.05) is 91.6 Å². The Bertz CT molecular complexity index is 1350. The van der Waals surface area contributed by atoms with E-state index in [4.69, 9.17) is 0 Å². The lowest BCUT2D eigenvalue weighted by molar-refractivity contribution is -0.140. The van der Waals surface area contributed by atoms with Gasteiger partial charge in [0.25, 0.3) is 0 Å². The first-order chi connectivity index (χ1) is 26.9. The third-order valence-corrected chi connectivity index (χ3v) is 11.1. The average molecular weight is 811 g/mol. The minimum absolute atomic E-state index is 0.00951. The van der Waals surface area contributed by atoms with Crippen molar-refractivity contribution in [1.29, 1.82) is 0 Å². The average Bonchev–Trinajstić information content (AvgIpc) is 3.63. The van der Waals surface area contributed by atoms with Crippen LogP contribution >= 0.6 is 0 Å². The van der Waals surface area contributed by atoms with Crippen molar-refractivity contribution in [3.8, 4) is 0 Å². The quantitative estimate of drug-likeness (QED) is 0.0682. The number of nitrogens with zero attached hydrogens (tertiary/aromatic N) is 5. The van der Waals surface area contributed by atoms with E-state index in [1.165, 1.54) is 11.8 Å². The minimum atomic E-state index is -1.67. The molecule has 1 saturated carbocycles.